The molecule has 11 heavy (non-hydrogen) atoms. The van der Waals surface area contributed by atoms with Crippen molar-refractivity contribution in [2.45, 2.75) is 26.8 Å². The largest absolute Gasteiger partial charge is 0.344 e. The number of hydrogen-bond acceptors (Lipinski definition) is 2. The van der Waals surface area contributed by atoms with Crippen molar-refractivity contribution in [3.63, 3.8) is 0 Å². The van der Waals surface area contributed by atoms with Gasteiger partial charge in [-0.25, -0.2) is 0 Å². The summed E-state index contributed by atoms with van der Waals surface area (Å²) < 4.78 is 11.0. The molecule has 0 amide bonds. The van der Waals surface area contributed by atoms with E-state index >= 15 is 0 Å². The molecule has 0 spiro atoms. The van der Waals surface area contributed by atoms with E-state index < -0.39 is 7.37 Å². The molecule has 0 aliphatic heterocycles. The molecule has 4 heteroatoms. The zero-order valence-corrected chi connectivity index (χ0v) is 8.64. The van der Waals surface area contributed by atoms with Crippen LogP contribution < -0.4 is 0 Å². The molecule has 1 unspecified atom stereocenters. The molecular formula is C7H18NO2P. The lowest BCUT2D eigenvalue weighted by atomic mass is 10.3. The van der Waals surface area contributed by atoms with Crippen LogP contribution in [-0.2, 0) is 4.57 Å². The predicted molar refractivity (Wildman–Crippen MR) is 48.1 cm³/mol. The number of rotatable bonds is 4. The van der Waals surface area contributed by atoms with Crippen molar-refractivity contribution in [2.75, 3.05) is 19.5 Å². The van der Waals surface area contributed by atoms with E-state index in [0.717, 1.165) is 6.54 Å². The minimum Gasteiger partial charge on any atom is -0.344 e. The van der Waals surface area contributed by atoms with Gasteiger partial charge in [0, 0.05) is 12.7 Å². The van der Waals surface area contributed by atoms with Gasteiger partial charge in [-0.15, -0.1) is 0 Å². The molecule has 0 aromatic rings. The van der Waals surface area contributed by atoms with Gasteiger partial charge in [0.2, 0.25) is 7.37 Å². The normalized spacial score (nSPS) is 17.4. The summed E-state index contributed by atoms with van der Waals surface area (Å²) in [5.74, 6) is 0. The molecule has 0 radical (unpaired) electrons. The summed E-state index contributed by atoms with van der Waals surface area (Å²) in [7, 11) is -2.87. The first-order chi connectivity index (χ1) is 4.87. The van der Waals surface area contributed by atoms with E-state index in [0.29, 0.717) is 12.3 Å². The van der Waals surface area contributed by atoms with Crippen LogP contribution in [0.15, 0.2) is 0 Å². The fraction of sp³-hybridized carbons (Fsp3) is 1.00. The smallest absolute Gasteiger partial charge is 0.211 e. The summed E-state index contributed by atoms with van der Waals surface area (Å²) in [4.78, 5) is 11.1. The molecule has 0 aliphatic carbocycles. The van der Waals surface area contributed by atoms with Crippen LogP contribution in [0.2, 0.25) is 0 Å². The molecule has 0 saturated heterocycles. The zero-order chi connectivity index (χ0) is 9.07. The summed E-state index contributed by atoms with van der Waals surface area (Å²) >= 11 is 0. The lowest BCUT2D eigenvalue weighted by Gasteiger charge is -2.25. The maximum absolute atomic E-state index is 11.0. The molecule has 0 aliphatic rings. The number of hydrogen-bond donors (Lipinski definition) is 1. The van der Waals surface area contributed by atoms with Crippen LogP contribution in [-0.4, -0.2) is 35.3 Å². The summed E-state index contributed by atoms with van der Waals surface area (Å²) in [5.41, 5.74) is 0. The van der Waals surface area contributed by atoms with Gasteiger partial charge in [0.05, 0.1) is 6.29 Å². The summed E-state index contributed by atoms with van der Waals surface area (Å²) in [6.45, 7) is 8.28. The van der Waals surface area contributed by atoms with Crippen LogP contribution in [0.5, 0.6) is 0 Å². The summed E-state index contributed by atoms with van der Waals surface area (Å²) in [6, 6.07) is 0.348. The molecule has 1 N–H and O–H groups in total. The average molecular weight is 179 g/mol. The monoisotopic (exact) mass is 179 g/mol. The van der Waals surface area contributed by atoms with E-state index in [1.807, 2.05) is 25.7 Å². The third kappa shape index (κ3) is 5.42. The highest BCUT2D eigenvalue weighted by atomic mass is 31.2. The molecule has 3 nitrogen and oxygen atoms in total. The van der Waals surface area contributed by atoms with E-state index in [-0.39, 0.29) is 0 Å². The molecule has 0 heterocycles. The van der Waals surface area contributed by atoms with Crippen LogP contribution in [0, 0.1) is 0 Å². The van der Waals surface area contributed by atoms with E-state index in [1.165, 1.54) is 6.66 Å². The van der Waals surface area contributed by atoms with E-state index in [1.54, 1.807) is 0 Å². The van der Waals surface area contributed by atoms with Crippen molar-refractivity contribution in [1.82, 2.24) is 4.90 Å². The average Bonchev–Trinajstić information content (AvgIpc) is 1.80. The molecule has 0 fully saturated rings. The lowest BCUT2D eigenvalue weighted by Crippen LogP contribution is -2.31. The Morgan fingerprint density at radius 3 is 2.09 bits per heavy atom. The van der Waals surface area contributed by atoms with Crippen LogP contribution in [0.1, 0.15) is 20.8 Å². The maximum Gasteiger partial charge on any atom is 0.211 e. The van der Waals surface area contributed by atoms with Crippen molar-refractivity contribution >= 4 is 7.37 Å². The molecule has 0 saturated carbocycles. The fourth-order valence-corrected chi connectivity index (χ4v) is 2.17. The van der Waals surface area contributed by atoms with Crippen LogP contribution >= 0.6 is 7.37 Å². The zero-order valence-electron chi connectivity index (χ0n) is 7.74. The van der Waals surface area contributed by atoms with Crippen molar-refractivity contribution in [2.24, 2.45) is 0 Å². The van der Waals surface area contributed by atoms with Gasteiger partial charge in [-0.2, -0.15) is 0 Å². The minimum atomic E-state index is -2.87. The Balaban J connectivity index is 3.99. The molecular weight excluding hydrogens is 161 g/mol. The third-order valence-electron chi connectivity index (χ3n) is 1.58. The lowest BCUT2D eigenvalue weighted by molar-refractivity contribution is 0.261. The van der Waals surface area contributed by atoms with Gasteiger partial charge < -0.3 is 4.89 Å². The Morgan fingerprint density at radius 1 is 1.55 bits per heavy atom. The highest BCUT2D eigenvalue weighted by Crippen LogP contribution is 2.36. The molecule has 0 rings (SSSR count). The van der Waals surface area contributed by atoms with Gasteiger partial charge in [-0.3, -0.25) is 9.46 Å². The Morgan fingerprint density at radius 2 is 2.00 bits per heavy atom. The molecule has 0 bridgehead atoms. The van der Waals surface area contributed by atoms with Crippen LogP contribution in [0.4, 0.5) is 0 Å². The second kappa shape index (κ2) is 4.24. The first-order valence-electron chi connectivity index (χ1n) is 3.90. The van der Waals surface area contributed by atoms with E-state index in [9.17, 15) is 4.57 Å². The Labute approximate surface area is 68.9 Å². The SMILES string of the molecule is CCN(CP(C)(=O)O)C(C)C. The quantitative estimate of drug-likeness (QED) is 0.666. The minimum absolute atomic E-state index is 0.307. The van der Waals surface area contributed by atoms with Crippen LogP contribution in [0.25, 0.3) is 0 Å². The number of nitrogens with zero attached hydrogens (tertiary/aromatic N) is 1. The maximum atomic E-state index is 11.0. The Kier molecular flexibility index (Phi) is 4.30. The highest BCUT2D eigenvalue weighted by molar-refractivity contribution is 7.57. The highest BCUT2D eigenvalue weighted by Gasteiger charge is 2.16. The van der Waals surface area contributed by atoms with Crippen molar-refractivity contribution in [1.29, 1.82) is 0 Å². The van der Waals surface area contributed by atoms with Gasteiger partial charge in [0.25, 0.3) is 0 Å². The standard InChI is InChI=1S/C7H18NO2P/c1-5-8(7(2)3)6-11(4,9)10/h7H,5-6H2,1-4H3,(H,9,10). The summed E-state index contributed by atoms with van der Waals surface area (Å²) in [6.07, 6.45) is 0.307. The van der Waals surface area contributed by atoms with Gasteiger partial charge in [-0.05, 0) is 20.4 Å². The first-order valence-corrected chi connectivity index (χ1v) is 6.19. The third-order valence-corrected chi connectivity index (χ3v) is 2.47. The van der Waals surface area contributed by atoms with Gasteiger partial charge in [0.15, 0.2) is 0 Å². The predicted octanol–water partition coefficient (Wildman–Crippen LogP) is 1.57. The second-order valence-electron chi connectivity index (χ2n) is 3.19. The van der Waals surface area contributed by atoms with Gasteiger partial charge in [-0.1, -0.05) is 6.92 Å². The van der Waals surface area contributed by atoms with Gasteiger partial charge >= 0.3 is 0 Å². The fourth-order valence-electron chi connectivity index (χ4n) is 0.965. The molecule has 0 aromatic carbocycles. The van der Waals surface area contributed by atoms with E-state index in [2.05, 4.69) is 0 Å². The van der Waals surface area contributed by atoms with Crippen molar-refractivity contribution in [3.8, 4) is 0 Å². The topological polar surface area (TPSA) is 40.5 Å². The van der Waals surface area contributed by atoms with E-state index in [4.69, 9.17) is 4.89 Å². The molecule has 0 aromatic heterocycles. The molecule has 1 atom stereocenters. The Bertz CT molecular complexity index is 153. The molecule has 68 valence electrons. The summed E-state index contributed by atoms with van der Waals surface area (Å²) in [5, 5.41) is 0. The van der Waals surface area contributed by atoms with Gasteiger partial charge in [0.1, 0.15) is 0 Å². The first kappa shape index (κ1) is 11.2. The van der Waals surface area contributed by atoms with Crippen LogP contribution in [0.3, 0.4) is 0 Å². The van der Waals surface area contributed by atoms with Crippen molar-refractivity contribution < 1.29 is 9.46 Å². The van der Waals surface area contributed by atoms with Crippen molar-refractivity contribution in [3.05, 3.63) is 0 Å². The Hall–Kier alpha value is 0.150. The second-order valence-corrected chi connectivity index (χ2v) is 5.58.